The lowest BCUT2D eigenvalue weighted by atomic mass is 10.0. The number of hydrogen-bond donors (Lipinski definition) is 1. The van der Waals surface area contributed by atoms with Crippen molar-refractivity contribution in [3.63, 3.8) is 0 Å². The Morgan fingerprint density at radius 1 is 0.914 bits per heavy atom. The van der Waals surface area contributed by atoms with Crippen molar-refractivity contribution in [2.45, 2.75) is 19.0 Å². The molecule has 2 aliphatic heterocycles. The average molecular weight is 485 g/mol. The number of halogens is 3. The van der Waals surface area contributed by atoms with Gasteiger partial charge < -0.3 is 15.0 Å². The van der Waals surface area contributed by atoms with Gasteiger partial charge in [0, 0.05) is 36.6 Å². The first-order chi connectivity index (χ1) is 16.8. The number of amides is 3. The van der Waals surface area contributed by atoms with Gasteiger partial charge in [-0.3, -0.25) is 9.69 Å². The number of hydrogen-bond acceptors (Lipinski definition) is 4. The van der Waals surface area contributed by atoms with E-state index in [0.717, 1.165) is 11.1 Å². The van der Waals surface area contributed by atoms with Crippen molar-refractivity contribution in [2.75, 3.05) is 36.5 Å². The largest absolute Gasteiger partial charge is 0.497 e. The first kappa shape index (κ1) is 22.8. The quantitative estimate of drug-likeness (QED) is 0.606. The maximum Gasteiger partial charge on any atom is 0.435 e. The summed E-state index contributed by atoms with van der Waals surface area (Å²) in [6.45, 7) is 1.28. The fourth-order valence-electron chi connectivity index (χ4n) is 4.43. The van der Waals surface area contributed by atoms with Crippen LogP contribution < -0.4 is 19.9 Å². The summed E-state index contributed by atoms with van der Waals surface area (Å²) in [4.78, 5) is 28.7. The lowest BCUT2D eigenvalue weighted by Crippen LogP contribution is -2.46. The molecule has 0 spiro atoms. The Hall–Kier alpha value is -4.02. The summed E-state index contributed by atoms with van der Waals surface area (Å²) >= 11 is 0. The molecule has 35 heavy (non-hydrogen) atoms. The van der Waals surface area contributed by atoms with Crippen molar-refractivity contribution in [3.05, 3.63) is 65.5 Å². The Kier molecular flexibility index (Phi) is 5.62. The Labute approximate surface area is 198 Å². The summed E-state index contributed by atoms with van der Waals surface area (Å²) < 4.78 is 47.5. The molecule has 182 valence electrons. The van der Waals surface area contributed by atoms with Gasteiger partial charge in [0.2, 0.25) is 0 Å². The second-order valence-corrected chi connectivity index (χ2v) is 8.24. The number of nitrogens with zero attached hydrogens (tertiary/aromatic N) is 4. The maximum atomic E-state index is 13.8. The number of nitrogens with one attached hydrogen (secondary N) is 1. The summed E-state index contributed by atoms with van der Waals surface area (Å²) in [6.07, 6.45) is -3.87. The second-order valence-electron chi connectivity index (χ2n) is 8.24. The highest BCUT2D eigenvalue weighted by molar-refractivity contribution is 6.07. The van der Waals surface area contributed by atoms with Crippen LogP contribution in [0.1, 0.15) is 28.2 Å². The molecule has 3 aromatic rings. The van der Waals surface area contributed by atoms with E-state index >= 15 is 0 Å². The topological polar surface area (TPSA) is 79.7 Å². The van der Waals surface area contributed by atoms with Crippen LogP contribution in [0, 0.1) is 0 Å². The highest BCUT2D eigenvalue weighted by atomic mass is 19.4. The molecule has 3 heterocycles. The zero-order chi connectivity index (χ0) is 24.7. The van der Waals surface area contributed by atoms with E-state index in [1.54, 1.807) is 53.4 Å². The molecule has 0 bridgehead atoms. The molecule has 8 nitrogen and oxygen atoms in total. The number of fused-ring (bicyclic) bond motifs is 1. The molecule has 0 atom stereocenters. The van der Waals surface area contributed by atoms with Gasteiger partial charge in [-0.1, -0.05) is 0 Å². The Morgan fingerprint density at radius 3 is 2.14 bits per heavy atom. The van der Waals surface area contributed by atoms with Crippen LogP contribution in [-0.2, 0) is 12.6 Å². The molecule has 5 rings (SSSR count). The second kappa shape index (κ2) is 8.64. The maximum absolute atomic E-state index is 13.8. The van der Waals surface area contributed by atoms with Crippen molar-refractivity contribution in [1.82, 2.24) is 15.1 Å². The van der Waals surface area contributed by atoms with Gasteiger partial charge in [-0.05, 0) is 61.4 Å². The zero-order valence-electron chi connectivity index (χ0n) is 18.8. The predicted octanol–water partition coefficient (Wildman–Crippen LogP) is 4.02. The number of rotatable bonds is 4. The van der Waals surface area contributed by atoms with Gasteiger partial charge in [-0.2, -0.15) is 18.3 Å². The van der Waals surface area contributed by atoms with Crippen LogP contribution in [0.2, 0.25) is 0 Å². The van der Waals surface area contributed by atoms with E-state index in [2.05, 4.69) is 10.4 Å². The van der Waals surface area contributed by atoms with E-state index in [1.165, 1.54) is 12.0 Å². The molecule has 2 aromatic carbocycles. The molecule has 1 N–H and O–H groups in total. The third-order valence-electron chi connectivity index (χ3n) is 6.16. The Morgan fingerprint density at radius 2 is 1.54 bits per heavy atom. The minimum atomic E-state index is -4.69. The summed E-state index contributed by atoms with van der Waals surface area (Å²) in [5.74, 6) is -0.0465. The number of carbonyl (C=O) groups excluding carboxylic acids is 2. The van der Waals surface area contributed by atoms with Crippen LogP contribution in [-0.4, -0.2) is 48.5 Å². The third kappa shape index (κ3) is 4.07. The van der Waals surface area contributed by atoms with Gasteiger partial charge in [-0.15, -0.1) is 0 Å². The number of ether oxygens (including phenoxy) is 1. The van der Waals surface area contributed by atoms with E-state index in [9.17, 15) is 22.8 Å². The number of methoxy groups -OCH3 is 1. The minimum absolute atomic E-state index is 0.00234. The van der Waals surface area contributed by atoms with Crippen LogP contribution in [0.4, 0.5) is 29.3 Å². The lowest BCUT2D eigenvalue weighted by Gasteiger charge is -2.30. The van der Waals surface area contributed by atoms with Gasteiger partial charge in [0.25, 0.3) is 5.91 Å². The molecule has 1 saturated heterocycles. The first-order valence-electron chi connectivity index (χ1n) is 11.1. The summed E-state index contributed by atoms with van der Waals surface area (Å²) in [7, 11) is 1.48. The summed E-state index contributed by atoms with van der Waals surface area (Å²) in [5.41, 5.74) is 0.239. The SMILES string of the molecule is COc1ccc(-n2nc(C(F)(F)F)c3c2C(=O)N(c2ccc(N4CCCNC4=O)cc2)CC3)cc1. The van der Waals surface area contributed by atoms with Gasteiger partial charge in [0.05, 0.1) is 12.8 Å². The average Bonchev–Trinajstić information content (AvgIpc) is 3.26. The molecule has 2 aliphatic rings. The van der Waals surface area contributed by atoms with E-state index in [1.807, 2.05) is 0 Å². The van der Waals surface area contributed by atoms with Crippen molar-refractivity contribution >= 4 is 23.3 Å². The molecule has 0 radical (unpaired) electrons. The number of aromatic nitrogens is 2. The molecule has 0 unspecified atom stereocenters. The van der Waals surface area contributed by atoms with Crippen LogP contribution in [0.15, 0.2) is 48.5 Å². The molecule has 0 aliphatic carbocycles. The highest BCUT2D eigenvalue weighted by Crippen LogP contribution is 2.37. The molecule has 1 aromatic heterocycles. The Balaban J connectivity index is 1.51. The molecular weight excluding hydrogens is 463 g/mol. The van der Waals surface area contributed by atoms with Gasteiger partial charge >= 0.3 is 12.2 Å². The number of alkyl halides is 3. The van der Waals surface area contributed by atoms with Crippen LogP contribution >= 0.6 is 0 Å². The normalized spacial score (nSPS) is 16.2. The summed E-state index contributed by atoms with van der Waals surface area (Å²) in [6, 6.07) is 12.9. The van der Waals surface area contributed by atoms with Gasteiger partial charge in [-0.25, -0.2) is 9.48 Å². The predicted molar refractivity (Wildman–Crippen MR) is 122 cm³/mol. The number of carbonyl (C=O) groups is 2. The highest BCUT2D eigenvalue weighted by Gasteiger charge is 2.43. The molecule has 3 amide bonds. The van der Waals surface area contributed by atoms with Gasteiger partial charge in [0.15, 0.2) is 5.69 Å². The fraction of sp³-hybridized carbons (Fsp3) is 0.292. The lowest BCUT2D eigenvalue weighted by molar-refractivity contribution is -0.141. The third-order valence-corrected chi connectivity index (χ3v) is 6.16. The van der Waals surface area contributed by atoms with Crippen molar-refractivity contribution < 1.29 is 27.5 Å². The number of anilines is 2. The van der Waals surface area contributed by atoms with Crippen molar-refractivity contribution in [3.8, 4) is 11.4 Å². The van der Waals surface area contributed by atoms with E-state index in [-0.39, 0.29) is 30.3 Å². The number of benzene rings is 2. The van der Waals surface area contributed by atoms with Crippen LogP contribution in [0.5, 0.6) is 5.75 Å². The van der Waals surface area contributed by atoms with Crippen molar-refractivity contribution in [1.29, 1.82) is 0 Å². The van der Waals surface area contributed by atoms with Crippen molar-refractivity contribution in [2.24, 2.45) is 0 Å². The molecular formula is C24H22F3N5O3. The van der Waals surface area contributed by atoms with Gasteiger partial charge in [0.1, 0.15) is 11.4 Å². The minimum Gasteiger partial charge on any atom is -0.497 e. The fourth-order valence-corrected chi connectivity index (χ4v) is 4.43. The zero-order valence-corrected chi connectivity index (χ0v) is 18.8. The molecule has 0 saturated carbocycles. The van der Waals surface area contributed by atoms with E-state index < -0.39 is 17.8 Å². The Bertz CT molecular complexity index is 1270. The van der Waals surface area contributed by atoms with Crippen LogP contribution in [0.3, 0.4) is 0 Å². The summed E-state index contributed by atoms with van der Waals surface area (Å²) in [5, 5.41) is 6.59. The van der Waals surface area contributed by atoms with E-state index in [4.69, 9.17) is 4.74 Å². The molecule has 11 heteroatoms. The monoisotopic (exact) mass is 485 g/mol. The standard InChI is InChI=1S/C24H22F3N5O3/c1-35-18-9-7-17(8-10-18)32-20-19(21(29-32)24(25,26)27)11-14-30(22(20)33)15-3-5-16(6-4-15)31-13-2-12-28-23(31)34/h3-10H,2,11-14H2,1H3,(H,28,34). The van der Waals surface area contributed by atoms with E-state index in [0.29, 0.717) is 35.9 Å². The first-order valence-corrected chi connectivity index (χ1v) is 11.1. The number of urea groups is 1. The molecule has 1 fully saturated rings. The van der Waals surface area contributed by atoms with Crippen LogP contribution in [0.25, 0.3) is 5.69 Å². The smallest absolute Gasteiger partial charge is 0.435 e.